The zero-order valence-electron chi connectivity index (χ0n) is 12.5. The minimum atomic E-state index is -0.775. The highest BCUT2D eigenvalue weighted by Gasteiger charge is 2.30. The van der Waals surface area contributed by atoms with E-state index in [4.69, 9.17) is 5.11 Å². The van der Waals surface area contributed by atoms with Gasteiger partial charge in [-0.2, -0.15) is 0 Å². The SMILES string of the molecule is Cc1nc(C)c(CCNC(=O)C2CCCC(C(=O)O)C2)s1. The van der Waals surface area contributed by atoms with Crippen LogP contribution in [0.2, 0.25) is 0 Å². The van der Waals surface area contributed by atoms with E-state index in [0.29, 0.717) is 19.4 Å². The van der Waals surface area contributed by atoms with Crippen molar-refractivity contribution in [2.24, 2.45) is 11.8 Å². The van der Waals surface area contributed by atoms with E-state index in [1.165, 1.54) is 4.88 Å². The Labute approximate surface area is 128 Å². The molecule has 2 rings (SSSR count). The summed E-state index contributed by atoms with van der Waals surface area (Å²) < 4.78 is 0. The predicted octanol–water partition coefficient (Wildman–Crippen LogP) is 2.31. The Kier molecular flexibility index (Phi) is 5.33. The third-order valence-electron chi connectivity index (χ3n) is 4.05. The van der Waals surface area contributed by atoms with Gasteiger partial charge in [-0.1, -0.05) is 6.42 Å². The van der Waals surface area contributed by atoms with Crippen molar-refractivity contribution in [3.8, 4) is 0 Å². The third kappa shape index (κ3) is 4.27. The van der Waals surface area contributed by atoms with E-state index in [-0.39, 0.29) is 17.7 Å². The maximum atomic E-state index is 12.1. The van der Waals surface area contributed by atoms with Crippen molar-refractivity contribution in [2.75, 3.05) is 6.54 Å². The number of aryl methyl sites for hydroxylation is 2. The van der Waals surface area contributed by atoms with E-state index in [1.54, 1.807) is 11.3 Å². The average molecular weight is 310 g/mol. The molecule has 2 N–H and O–H groups in total. The molecule has 2 unspecified atom stereocenters. The first kappa shape index (κ1) is 15.9. The van der Waals surface area contributed by atoms with Gasteiger partial charge in [0.1, 0.15) is 0 Å². The summed E-state index contributed by atoms with van der Waals surface area (Å²) in [7, 11) is 0. The molecule has 0 saturated heterocycles. The molecule has 1 fully saturated rings. The molecule has 1 amide bonds. The monoisotopic (exact) mass is 310 g/mol. The number of hydrogen-bond donors (Lipinski definition) is 2. The zero-order valence-corrected chi connectivity index (χ0v) is 13.3. The molecule has 2 atom stereocenters. The molecule has 0 radical (unpaired) electrons. The number of nitrogens with one attached hydrogen (secondary N) is 1. The Morgan fingerprint density at radius 1 is 1.33 bits per heavy atom. The molecule has 1 aromatic heterocycles. The van der Waals surface area contributed by atoms with Gasteiger partial charge in [-0.25, -0.2) is 4.98 Å². The number of amides is 1. The summed E-state index contributed by atoms with van der Waals surface area (Å²) in [6.07, 6.45) is 3.58. The van der Waals surface area contributed by atoms with E-state index < -0.39 is 5.97 Å². The highest BCUT2D eigenvalue weighted by atomic mass is 32.1. The van der Waals surface area contributed by atoms with Crippen LogP contribution in [0.3, 0.4) is 0 Å². The second-order valence-corrected chi connectivity index (χ2v) is 6.97. The summed E-state index contributed by atoms with van der Waals surface area (Å²) >= 11 is 1.67. The Balaban J connectivity index is 1.79. The summed E-state index contributed by atoms with van der Waals surface area (Å²) in [6.45, 7) is 4.56. The first-order valence-corrected chi connectivity index (χ1v) is 8.22. The maximum absolute atomic E-state index is 12.1. The Morgan fingerprint density at radius 3 is 2.67 bits per heavy atom. The summed E-state index contributed by atoms with van der Waals surface area (Å²) in [6, 6.07) is 0. The van der Waals surface area contributed by atoms with Crippen molar-refractivity contribution in [1.82, 2.24) is 10.3 Å². The fraction of sp³-hybridized carbons (Fsp3) is 0.667. The molecule has 1 aromatic rings. The molecule has 6 heteroatoms. The Bertz CT molecular complexity index is 527. The van der Waals surface area contributed by atoms with Crippen molar-refractivity contribution in [2.45, 2.75) is 46.0 Å². The molecule has 116 valence electrons. The van der Waals surface area contributed by atoms with Gasteiger partial charge in [-0.05, 0) is 33.1 Å². The zero-order chi connectivity index (χ0) is 15.4. The number of carbonyl (C=O) groups excluding carboxylic acids is 1. The van der Waals surface area contributed by atoms with Crippen LogP contribution in [0.15, 0.2) is 0 Å². The van der Waals surface area contributed by atoms with Gasteiger partial charge < -0.3 is 10.4 Å². The van der Waals surface area contributed by atoms with Crippen molar-refractivity contribution < 1.29 is 14.7 Å². The van der Waals surface area contributed by atoms with Crippen LogP contribution in [0, 0.1) is 25.7 Å². The number of carboxylic acid groups (broad SMARTS) is 1. The van der Waals surface area contributed by atoms with Gasteiger partial charge in [-0.15, -0.1) is 11.3 Å². The van der Waals surface area contributed by atoms with Crippen LogP contribution in [-0.2, 0) is 16.0 Å². The summed E-state index contributed by atoms with van der Waals surface area (Å²) in [5.74, 6) is -1.28. The van der Waals surface area contributed by atoms with Gasteiger partial charge in [0.05, 0.1) is 16.6 Å². The highest BCUT2D eigenvalue weighted by Crippen LogP contribution is 2.29. The predicted molar refractivity (Wildman–Crippen MR) is 81.4 cm³/mol. The molecule has 1 heterocycles. The summed E-state index contributed by atoms with van der Waals surface area (Å²) in [5.41, 5.74) is 1.04. The van der Waals surface area contributed by atoms with Gasteiger partial charge in [0, 0.05) is 23.8 Å². The van der Waals surface area contributed by atoms with Crippen LogP contribution >= 0.6 is 11.3 Å². The molecule has 0 spiro atoms. The largest absolute Gasteiger partial charge is 0.481 e. The lowest BCUT2D eigenvalue weighted by Gasteiger charge is -2.25. The first-order valence-electron chi connectivity index (χ1n) is 7.40. The van der Waals surface area contributed by atoms with Gasteiger partial charge in [-0.3, -0.25) is 9.59 Å². The molecule has 0 bridgehead atoms. The number of thiazole rings is 1. The fourth-order valence-corrected chi connectivity index (χ4v) is 3.84. The quantitative estimate of drug-likeness (QED) is 0.874. The highest BCUT2D eigenvalue weighted by molar-refractivity contribution is 7.11. The number of carboxylic acids is 1. The first-order chi connectivity index (χ1) is 9.97. The van der Waals surface area contributed by atoms with Crippen LogP contribution in [-0.4, -0.2) is 28.5 Å². The van der Waals surface area contributed by atoms with E-state index in [1.807, 2.05) is 13.8 Å². The van der Waals surface area contributed by atoms with Gasteiger partial charge in [0.25, 0.3) is 0 Å². The minimum Gasteiger partial charge on any atom is -0.481 e. The number of nitrogens with zero attached hydrogens (tertiary/aromatic N) is 1. The molecule has 5 nitrogen and oxygen atoms in total. The smallest absolute Gasteiger partial charge is 0.306 e. The number of aromatic nitrogens is 1. The van der Waals surface area contributed by atoms with Crippen molar-refractivity contribution >= 4 is 23.2 Å². The molecule has 21 heavy (non-hydrogen) atoms. The van der Waals surface area contributed by atoms with Crippen molar-refractivity contribution in [1.29, 1.82) is 0 Å². The minimum absolute atomic E-state index is 0.000148. The molecular formula is C15H22N2O3S. The number of carbonyl (C=O) groups is 2. The molecule has 1 aliphatic rings. The fourth-order valence-electron chi connectivity index (χ4n) is 2.90. The van der Waals surface area contributed by atoms with Gasteiger partial charge in [0.15, 0.2) is 0 Å². The van der Waals surface area contributed by atoms with E-state index in [2.05, 4.69) is 10.3 Å². The Hall–Kier alpha value is -1.43. The van der Waals surface area contributed by atoms with E-state index in [9.17, 15) is 9.59 Å². The standard InChI is InChI=1S/C15H22N2O3S/c1-9-13(21-10(2)17-9)6-7-16-14(18)11-4-3-5-12(8-11)15(19)20/h11-12H,3-8H2,1-2H3,(H,16,18)(H,19,20). The van der Waals surface area contributed by atoms with E-state index >= 15 is 0 Å². The Morgan fingerprint density at radius 2 is 2.05 bits per heavy atom. The second kappa shape index (κ2) is 7.02. The van der Waals surface area contributed by atoms with Crippen LogP contribution in [0.1, 0.15) is 41.3 Å². The van der Waals surface area contributed by atoms with Crippen LogP contribution in [0.25, 0.3) is 0 Å². The average Bonchev–Trinajstić information content (AvgIpc) is 2.77. The normalized spacial score (nSPS) is 22.0. The van der Waals surface area contributed by atoms with Gasteiger partial charge >= 0.3 is 5.97 Å². The number of hydrogen-bond acceptors (Lipinski definition) is 4. The lowest BCUT2D eigenvalue weighted by molar-refractivity contribution is -0.144. The third-order valence-corrected chi connectivity index (χ3v) is 5.18. The number of rotatable bonds is 5. The molecule has 1 saturated carbocycles. The van der Waals surface area contributed by atoms with Crippen LogP contribution in [0.4, 0.5) is 0 Å². The molecule has 1 aliphatic carbocycles. The lowest BCUT2D eigenvalue weighted by Crippen LogP contribution is -2.36. The van der Waals surface area contributed by atoms with Gasteiger partial charge in [0.2, 0.25) is 5.91 Å². The summed E-state index contributed by atoms with van der Waals surface area (Å²) in [4.78, 5) is 28.7. The summed E-state index contributed by atoms with van der Waals surface area (Å²) in [5, 5.41) is 13.0. The maximum Gasteiger partial charge on any atom is 0.306 e. The van der Waals surface area contributed by atoms with E-state index in [0.717, 1.165) is 30.0 Å². The number of aliphatic carboxylic acids is 1. The lowest BCUT2D eigenvalue weighted by atomic mass is 9.81. The molecule has 0 aromatic carbocycles. The van der Waals surface area contributed by atoms with Crippen molar-refractivity contribution in [3.05, 3.63) is 15.6 Å². The van der Waals surface area contributed by atoms with Crippen molar-refractivity contribution in [3.63, 3.8) is 0 Å². The molecular weight excluding hydrogens is 288 g/mol. The van der Waals surface area contributed by atoms with Crippen LogP contribution < -0.4 is 5.32 Å². The van der Waals surface area contributed by atoms with Crippen LogP contribution in [0.5, 0.6) is 0 Å². The topological polar surface area (TPSA) is 79.3 Å². The molecule has 0 aliphatic heterocycles. The second-order valence-electron chi connectivity index (χ2n) is 5.68.